The van der Waals surface area contributed by atoms with E-state index in [9.17, 15) is 15.2 Å². The molecular formula is C18H19NO3. The second-order valence-electron chi connectivity index (χ2n) is 5.74. The summed E-state index contributed by atoms with van der Waals surface area (Å²) in [5, 5.41) is 21.4. The number of non-ortho nitro benzene ring substituents is 1. The van der Waals surface area contributed by atoms with E-state index in [-0.39, 0.29) is 5.69 Å². The van der Waals surface area contributed by atoms with Gasteiger partial charge in [0.2, 0.25) is 0 Å². The van der Waals surface area contributed by atoms with Gasteiger partial charge in [-0.05, 0) is 36.6 Å². The molecule has 0 aliphatic heterocycles. The van der Waals surface area contributed by atoms with Gasteiger partial charge in [0, 0.05) is 18.6 Å². The molecule has 0 saturated carbocycles. The van der Waals surface area contributed by atoms with Crippen LogP contribution in [0.5, 0.6) is 0 Å². The molecule has 2 aromatic carbocycles. The molecule has 2 aromatic rings. The minimum absolute atomic E-state index is 0.0488. The maximum absolute atomic E-state index is 10.8. The summed E-state index contributed by atoms with van der Waals surface area (Å²) in [6, 6.07) is 13.9. The van der Waals surface area contributed by atoms with Gasteiger partial charge in [-0.2, -0.15) is 0 Å². The lowest BCUT2D eigenvalue weighted by atomic mass is 9.87. The predicted molar refractivity (Wildman–Crippen MR) is 87.5 cm³/mol. The molecule has 1 atom stereocenters. The average Bonchev–Trinajstić information content (AvgIpc) is 2.47. The fourth-order valence-corrected chi connectivity index (χ4v) is 2.35. The van der Waals surface area contributed by atoms with Crippen molar-refractivity contribution in [2.75, 3.05) is 0 Å². The largest absolute Gasteiger partial charge is 0.385 e. The van der Waals surface area contributed by atoms with Crippen molar-refractivity contribution in [2.45, 2.75) is 25.9 Å². The van der Waals surface area contributed by atoms with Gasteiger partial charge >= 0.3 is 0 Å². The van der Waals surface area contributed by atoms with Gasteiger partial charge in [-0.25, -0.2) is 0 Å². The third kappa shape index (κ3) is 3.59. The van der Waals surface area contributed by atoms with Crippen LogP contribution in [0.3, 0.4) is 0 Å². The molecule has 0 radical (unpaired) electrons. The molecule has 0 spiro atoms. The van der Waals surface area contributed by atoms with Gasteiger partial charge in [0.15, 0.2) is 0 Å². The van der Waals surface area contributed by atoms with E-state index in [0.717, 1.165) is 22.3 Å². The molecule has 0 aliphatic carbocycles. The van der Waals surface area contributed by atoms with E-state index >= 15 is 0 Å². The number of nitro groups is 1. The lowest BCUT2D eigenvalue weighted by Crippen LogP contribution is -2.24. The molecule has 0 saturated heterocycles. The molecule has 22 heavy (non-hydrogen) atoms. The Morgan fingerprint density at radius 2 is 1.91 bits per heavy atom. The molecule has 0 fully saturated rings. The van der Waals surface area contributed by atoms with Crippen molar-refractivity contribution in [3.8, 4) is 0 Å². The van der Waals surface area contributed by atoms with Crippen LogP contribution in [0, 0.1) is 10.1 Å². The van der Waals surface area contributed by atoms with Gasteiger partial charge in [-0.1, -0.05) is 42.5 Å². The fraction of sp³-hybridized carbons (Fsp3) is 0.222. The number of rotatable bonds is 5. The van der Waals surface area contributed by atoms with Gasteiger partial charge in [-0.15, -0.1) is 0 Å². The topological polar surface area (TPSA) is 63.4 Å². The Bertz CT molecular complexity index is 703. The second-order valence-corrected chi connectivity index (χ2v) is 5.74. The highest BCUT2D eigenvalue weighted by Crippen LogP contribution is 2.28. The van der Waals surface area contributed by atoms with Crippen LogP contribution >= 0.6 is 0 Å². The summed E-state index contributed by atoms with van der Waals surface area (Å²) in [4.78, 5) is 10.2. The molecule has 1 N–H and O–H groups in total. The van der Waals surface area contributed by atoms with Crippen molar-refractivity contribution in [2.24, 2.45) is 0 Å². The first-order chi connectivity index (χ1) is 10.3. The van der Waals surface area contributed by atoms with Crippen molar-refractivity contribution < 1.29 is 10.0 Å². The molecule has 0 aliphatic rings. The number of hydrogen-bond donors (Lipinski definition) is 1. The highest BCUT2D eigenvalue weighted by molar-refractivity contribution is 5.62. The Balaban J connectivity index is 2.25. The molecule has 4 nitrogen and oxygen atoms in total. The third-order valence-electron chi connectivity index (χ3n) is 3.67. The summed E-state index contributed by atoms with van der Waals surface area (Å²) < 4.78 is 0. The highest BCUT2D eigenvalue weighted by atomic mass is 16.6. The number of benzene rings is 2. The molecule has 0 aromatic heterocycles. The Morgan fingerprint density at radius 1 is 1.27 bits per heavy atom. The maximum atomic E-state index is 10.8. The van der Waals surface area contributed by atoms with Crippen LogP contribution in [0.4, 0.5) is 5.69 Å². The van der Waals surface area contributed by atoms with E-state index in [1.165, 1.54) is 12.1 Å². The Morgan fingerprint density at radius 3 is 2.45 bits per heavy atom. The molecule has 1 unspecified atom stereocenters. The van der Waals surface area contributed by atoms with Gasteiger partial charge in [0.05, 0.1) is 10.5 Å². The zero-order valence-electron chi connectivity index (χ0n) is 12.7. The first kappa shape index (κ1) is 15.9. The standard InChI is InChI=1S/C18H19NO3/c1-13(2)15-5-4-6-16(11-15)18(3,20)12-14-7-9-17(10-8-14)19(21)22/h4-11,20H,1,12H2,2-3H3. The van der Waals surface area contributed by atoms with Crippen molar-refractivity contribution in [1.82, 2.24) is 0 Å². The lowest BCUT2D eigenvalue weighted by molar-refractivity contribution is -0.384. The van der Waals surface area contributed by atoms with Crippen LogP contribution in [0.2, 0.25) is 0 Å². The molecular weight excluding hydrogens is 278 g/mol. The number of aliphatic hydroxyl groups is 1. The quantitative estimate of drug-likeness (QED) is 0.668. The number of nitrogens with zero attached hydrogens (tertiary/aromatic N) is 1. The van der Waals surface area contributed by atoms with Crippen LogP contribution in [-0.4, -0.2) is 10.0 Å². The molecule has 0 heterocycles. The van der Waals surface area contributed by atoms with E-state index in [2.05, 4.69) is 6.58 Å². The highest BCUT2D eigenvalue weighted by Gasteiger charge is 2.24. The van der Waals surface area contributed by atoms with E-state index in [1.54, 1.807) is 19.1 Å². The Hall–Kier alpha value is -2.46. The SMILES string of the molecule is C=C(C)c1cccc(C(C)(O)Cc2ccc([N+](=O)[O-])cc2)c1. The average molecular weight is 297 g/mol. The van der Waals surface area contributed by atoms with E-state index in [4.69, 9.17) is 0 Å². The summed E-state index contributed by atoms with van der Waals surface area (Å²) in [7, 11) is 0. The van der Waals surface area contributed by atoms with Crippen molar-refractivity contribution in [3.05, 3.63) is 81.9 Å². The first-order valence-corrected chi connectivity index (χ1v) is 7.02. The first-order valence-electron chi connectivity index (χ1n) is 7.02. The Labute approximate surface area is 129 Å². The maximum Gasteiger partial charge on any atom is 0.269 e. The zero-order valence-corrected chi connectivity index (χ0v) is 12.7. The molecule has 0 bridgehead atoms. The van der Waals surface area contributed by atoms with E-state index in [1.807, 2.05) is 31.2 Å². The summed E-state index contributed by atoms with van der Waals surface area (Å²) >= 11 is 0. The third-order valence-corrected chi connectivity index (χ3v) is 3.67. The van der Waals surface area contributed by atoms with Crippen molar-refractivity contribution in [3.63, 3.8) is 0 Å². The van der Waals surface area contributed by atoms with Crippen molar-refractivity contribution >= 4 is 11.3 Å². The molecule has 2 rings (SSSR count). The monoisotopic (exact) mass is 297 g/mol. The Kier molecular flexibility index (Phi) is 4.43. The summed E-state index contributed by atoms with van der Waals surface area (Å²) in [5.41, 5.74) is 2.56. The van der Waals surface area contributed by atoms with Crippen LogP contribution in [0.15, 0.2) is 55.1 Å². The zero-order chi connectivity index (χ0) is 16.3. The van der Waals surface area contributed by atoms with E-state index in [0.29, 0.717) is 6.42 Å². The number of hydrogen-bond acceptors (Lipinski definition) is 3. The van der Waals surface area contributed by atoms with Crippen LogP contribution in [0.1, 0.15) is 30.5 Å². The van der Waals surface area contributed by atoms with Gasteiger partial charge in [-0.3, -0.25) is 10.1 Å². The van der Waals surface area contributed by atoms with Crippen molar-refractivity contribution in [1.29, 1.82) is 0 Å². The fourth-order valence-electron chi connectivity index (χ4n) is 2.35. The molecule has 4 heteroatoms. The number of allylic oxidation sites excluding steroid dienone is 1. The van der Waals surface area contributed by atoms with Gasteiger partial charge in [0.25, 0.3) is 5.69 Å². The molecule has 114 valence electrons. The van der Waals surface area contributed by atoms with E-state index < -0.39 is 10.5 Å². The summed E-state index contributed by atoms with van der Waals surface area (Å²) in [5.74, 6) is 0. The van der Waals surface area contributed by atoms with Crippen LogP contribution < -0.4 is 0 Å². The lowest BCUT2D eigenvalue weighted by Gasteiger charge is -2.24. The van der Waals surface area contributed by atoms with Crippen LogP contribution in [0.25, 0.3) is 5.57 Å². The smallest absolute Gasteiger partial charge is 0.269 e. The second kappa shape index (κ2) is 6.12. The van der Waals surface area contributed by atoms with Gasteiger partial charge in [0.1, 0.15) is 0 Å². The number of nitro benzene ring substituents is 1. The summed E-state index contributed by atoms with van der Waals surface area (Å²) in [6.07, 6.45) is 0.380. The minimum Gasteiger partial charge on any atom is -0.385 e. The normalized spacial score (nSPS) is 13.4. The summed E-state index contributed by atoms with van der Waals surface area (Å²) in [6.45, 7) is 7.58. The van der Waals surface area contributed by atoms with Crippen LogP contribution in [-0.2, 0) is 12.0 Å². The van der Waals surface area contributed by atoms with Gasteiger partial charge < -0.3 is 5.11 Å². The molecule has 0 amide bonds. The minimum atomic E-state index is -1.05. The predicted octanol–water partition coefficient (Wildman–Crippen LogP) is 4.08.